The second-order valence-electron chi connectivity index (χ2n) is 6.95. The first-order valence-electron chi connectivity index (χ1n) is 8.95. The summed E-state index contributed by atoms with van der Waals surface area (Å²) in [6.07, 6.45) is 2.87. The first-order valence-corrected chi connectivity index (χ1v) is 10.4. The Morgan fingerprint density at radius 2 is 1.86 bits per heavy atom. The van der Waals surface area contributed by atoms with Crippen molar-refractivity contribution in [1.82, 2.24) is 18.8 Å². The number of imidazole rings is 1. The van der Waals surface area contributed by atoms with E-state index in [1.807, 2.05) is 0 Å². The van der Waals surface area contributed by atoms with Crippen LogP contribution in [0.15, 0.2) is 60.0 Å². The van der Waals surface area contributed by atoms with Gasteiger partial charge in [-0.05, 0) is 29.8 Å². The average Bonchev–Trinajstić information content (AvgIpc) is 3.30. The molecule has 0 saturated carbocycles. The molecule has 1 aromatic carbocycles. The summed E-state index contributed by atoms with van der Waals surface area (Å²) in [6.45, 7) is 0.316. The van der Waals surface area contributed by atoms with Gasteiger partial charge in [0, 0.05) is 38.3 Å². The molecule has 1 aliphatic rings. The fourth-order valence-corrected chi connectivity index (χ4v) is 4.95. The molecule has 29 heavy (non-hydrogen) atoms. The van der Waals surface area contributed by atoms with E-state index in [1.165, 1.54) is 41.1 Å². The minimum Gasteiger partial charge on any atom is -0.365 e. The van der Waals surface area contributed by atoms with E-state index >= 15 is 0 Å². The number of nitrogens with zero attached hydrogens (tertiary/aromatic N) is 4. The molecule has 2 atom stereocenters. The molecular weight excluding hydrogens is 400 g/mol. The van der Waals surface area contributed by atoms with E-state index in [9.17, 15) is 17.2 Å². The Kier molecular flexibility index (Phi) is 5.05. The van der Waals surface area contributed by atoms with E-state index in [1.54, 1.807) is 29.8 Å². The summed E-state index contributed by atoms with van der Waals surface area (Å²) in [4.78, 5) is 7.77. The summed E-state index contributed by atoms with van der Waals surface area (Å²) in [5.41, 5.74) is 0.777. The standard InChI is InChI=1S/C19H19F2N5O2S/c1-25-11-19(22-12-25)29(27,28)26-9-15(13-5-7-14(20)8-6-13)16(10-26)23-18-4-2-3-17(21)24-18/h2-8,11-12,15-16H,9-10H2,1H3,(H,23,24)/t15-,16+/m0/s1. The molecule has 0 aliphatic carbocycles. The number of pyridine rings is 1. The fourth-order valence-electron chi connectivity index (χ4n) is 3.49. The van der Waals surface area contributed by atoms with Gasteiger partial charge in [-0.2, -0.15) is 8.70 Å². The number of aryl methyl sites for hydroxylation is 1. The Bertz CT molecular complexity index is 1120. The van der Waals surface area contributed by atoms with Crippen LogP contribution in [0.4, 0.5) is 14.6 Å². The van der Waals surface area contributed by atoms with Gasteiger partial charge >= 0.3 is 0 Å². The average molecular weight is 419 g/mol. The van der Waals surface area contributed by atoms with Crippen LogP contribution in [0.5, 0.6) is 0 Å². The zero-order valence-electron chi connectivity index (χ0n) is 15.5. The Balaban J connectivity index is 1.66. The van der Waals surface area contributed by atoms with Crippen molar-refractivity contribution in [2.45, 2.75) is 17.0 Å². The number of rotatable bonds is 5. The predicted molar refractivity (Wildman–Crippen MR) is 103 cm³/mol. The molecular formula is C19H19F2N5O2S. The van der Waals surface area contributed by atoms with Gasteiger partial charge in [-0.25, -0.2) is 22.8 Å². The van der Waals surface area contributed by atoms with E-state index in [2.05, 4.69) is 15.3 Å². The summed E-state index contributed by atoms with van der Waals surface area (Å²) in [5, 5.41) is 3.09. The molecule has 152 valence electrons. The highest BCUT2D eigenvalue weighted by Gasteiger charge is 2.41. The summed E-state index contributed by atoms with van der Waals surface area (Å²) in [6, 6.07) is 9.92. The molecule has 7 nitrogen and oxygen atoms in total. The first-order chi connectivity index (χ1) is 13.8. The zero-order valence-corrected chi connectivity index (χ0v) is 16.4. The number of hydrogen-bond acceptors (Lipinski definition) is 5. The molecule has 2 aromatic heterocycles. The van der Waals surface area contributed by atoms with Crippen molar-refractivity contribution in [3.05, 3.63) is 72.3 Å². The molecule has 0 amide bonds. The quantitative estimate of drug-likeness (QED) is 0.643. The number of sulfonamides is 1. The highest BCUT2D eigenvalue weighted by Crippen LogP contribution is 2.33. The molecule has 10 heteroatoms. The second-order valence-corrected chi connectivity index (χ2v) is 8.84. The summed E-state index contributed by atoms with van der Waals surface area (Å²) in [5.74, 6) is -0.983. The number of aromatic nitrogens is 3. The normalized spacial score (nSPS) is 20.1. The van der Waals surface area contributed by atoms with E-state index < -0.39 is 16.0 Å². The smallest absolute Gasteiger partial charge is 0.262 e. The van der Waals surface area contributed by atoms with E-state index in [-0.39, 0.29) is 35.9 Å². The van der Waals surface area contributed by atoms with Crippen LogP contribution in [-0.2, 0) is 17.1 Å². The lowest BCUT2D eigenvalue weighted by Gasteiger charge is -2.20. The van der Waals surface area contributed by atoms with Gasteiger partial charge in [0.15, 0.2) is 5.03 Å². The number of halogens is 2. The third kappa shape index (κ3) is 3.99. The van der Waals surface area contributed by atoms with Crippen molar-refractivity contribution in [2.75, 3.05) is 18.4 Å². The number of benzene rings is 1. The van der Waals surface area contributed by atoms with Crippen LogP contribution in [0.1, 0.15) is 11.5 Å². The molecule has 0 spiro atoms. The van der Waals surface area contributed by atoms with Crippen LogP contribution in [-0.4, -0.2) is 46.4 Å². The maximum absolute atomic E-state index is 13.5. The number of anilines is 1. The predicted octanol–water partition coefficient (Wildman–Crippen LogP) is 2.36. The van der Waals surface area contributed by atoms with Crippen LogP contribution in [0.3, 0.4) is 0 Å². The third-order valence-corrected chi connectivity index (χ3v) is 6.64. The van der Waals surface area contributed by atoms with Gasteiger partial charge in [0.25, 0.3) is 10.0 Å². The van der Waals surface area contributed by atoms with E-state index in [0.29, 0.717) is 5.82 Å². The highest BCUT2D eigenvalue weighted by atomic mass is 32.2. The van der Waals surface area contributed by atoms with Gasteiger partial charge in [-0.15, -0.1) is 0 Å². The molecule has 0 bridgehead atoms. The minimum absolute atomic E-state index is 0.0395. The number of hydrogen-bond donors (Lipinski definition) is 1. The van der Waals surface area contributed by atoms with Crippen LogP contribution in [0, 0.1) is 11.8 Å². The van der Waals surface area contributed by atoms with E-state index in [0.717, 1.165) is 5.56 Å². The first kappa shape index (κ1) is 19.5. The molecule has 0 radical (unpaired) electrons. The Morgan fingerprint density at radius 3 is 2.52 bits per heavy atom. The lowest BCUT2D eigenvalue weighted by atomic mass is 9.94. The van der Waals surface area contributed by atoms with Crippen molar-refractivity contribution >= 4 is 15.8 Å². The van der Waals surface area contributed by atoms with Crippen molar-refractivity contribution in [1.29, 1.82) is 0 Å². The zero-order chi connectivity index (χ0) is 20.6. The van der Waals surface area contributed by atoms with Gasteiger partial charge < -0.3 is 9.88 Å². The highest BCUT2D eigenvalue weighted by molar-refractivity contribution is 7.89. The van der Waals surface area contributed by atoms with Gasteiger partial charge in [0.2, 0.25) is 5.95 Å². The van der Waals surface area contributed by atoms with Gasteiger partial charge in [-0.3, -0.25) is 0 Å². The van der Waals surface area contributed by atoms with Crippen molar-refractivity contribution in [3.8, 4) is 0 Å². The number of nitrogens with one attached hydrogen (secondary N) is 1. The minimum atomic E-state index is -3.81. The lowest BCUT2D eigenvalue weighted by Crippen LogP contribution is -2.32. The lowest BCUT2D eigenvalue weighted by molar-refractivity contribution is 0.468. The summed E-state index contributed by atoms with van der Waals surface area (Å²) < 4.78 is 55.8. The molecule has 3 aromatic rings. The monoisotopic (exact) mass is 419 g/mol. The Labute approximate surface area is 167 Å². The van der Waals surface area contributed by atoms with Gasteiger partial charge in [-0.1, -0.05) is 18.2 Å². The molecule has 0 unspecified atom stereocenters. The summed E-state index contributed by atoms with van der Waals surface area (Å²) >= 11 is 0. The molecule has 1 saturated heterocycles. The fraction of sp³-hybridized carbons (Fsp3) is 0.263. The van der Waals surface area contributed by atoms with Crippen molar-refractivity contribution < 1.29 is 17.2 Å². The Hall–Kier alpha value is -2.85. The van der Waals surface area contributed by atoms with Crippen LogP contribution in [0.25, 0.3) is 0 Å². The Morgan fingerprint density at radius 1 is 1.10 bits per heavy atom. The van der Waals surface area contributed by atoms with E-state index in [4.69, 9.17) is 0 Å². The van der Waals surface area contributed by atoms with Crippen molar-refractivity contribution in [2.24, 2.45) is 7.05 Å². The van der Waals surface area contributed by atoms with Crippen LogP contribution < -0.4 is 5.32 Å². The maximum atomic E-state index is 13.5. The SMILES string of the molecule is Cn1cnc(S(=O)(=O)N2C[C@@H](Nc3cccc(F)n3)[C@H](c3ccc(F)cc3)C2)c1. The molecule has 3 heterocycles. The van der Waals surface area contributed by atoms with Gasteiger partial charge in [0.1, 0.15) is 11.6 Å². The second kappa shape index (κ2) is 7.53. The van der Waals surface area contributed by atoms with Crippen LogP contribution in [0.2, 0.25) is 0 Å². The maximum Gasteiger partial charge on any atom is 0.262 e. The molecule has 1 fully saturated rings. The molecule has 1 N–H and O–H groups in total. The topological polar surface area (TPSA) is 80.1 Å². The van der Waals surface area contributed by atoms with Gasteiger partial charge in [0.05, 0.1) is 6.33 Å². The molecule has 4 rings (SSSR count). The van der Waals surface area contributed by atoms with Crippen molar-refractivity contribution in [3.63, 3.8) is 0 Å². The summed E-state index contributed by atoms with van der Waals surface area (Å²) in [7, 11) is -2.12. The third-order valence-electron chi connectivity index (χ3n) is 4.92. The molecule has 1 aliphatic heterocycles. The van der Waals surface area contributed by atoms with Crippen LogP contribution >= 0.6 is 0 Å². The largest absolute Gasteiger partial charge is 0.365 e.